The molecule has 31 heavy (non-hydrogen) atoms. The molecule has 0 unspecified atom stereocenters. The van der Waals surface area contributed by atoms with E-state index in [1.807, 2.05) is 0 Å². The molecule has 0 aliphatic rings. The molecular weight excluding hydrogens is 416 g/mol. The summed E-state index contributed by atoms with van der Waals surface area (Å²) in [5.74, 6) is -1.30. The lowest BCUT2D eigenvalue weighted by atomic mass is 10.0. The van der Waals surface area contributed by atoms with E-state index in [-0.39, 0.29) is 29.3 Å². The van der Waals surface area contributed by atoms with Gasteiger partial charge in [-0.25, -0.2) is 9.37 Å². The molecule has 1 aromatic heterocycles. The number of pyridine rings is 1. The average molecular weight is 434 g/mol. The van der Waals surface area contributed by atoms with Crippen molar-refractivity contribution in [3.8, 4) is 22.8 Å². The molecule has 0 saturated carbocycles. The lowest BCUT2D eigenvalue weighted by molar-refractivity contribution is -0.137. The Hall–Kier alpha value is -3.46. The molecule has 0 radical (unpaired) electrons. The molecule has 162 valence electrons. The fraction of sp³-hybridized carbons (Fsp3) is 0.182. The van der Waals surface area contributed by atoms with Gasteiger partial charge in [0.1, 0.15) is 11.6 Å². The zero-order valence-corrected chi connectivity index (χ0v) is 16.3. The van der Waals surface area contributed by atoms with Crippen molar-refractivity contribution in [2.75, 3.05) is 6.54 Å². The van der Waals surface area contributed by atoms with Crippen LogP contribution in [0, 0.1) is 5.82 Å². The summed E-state index contributed by atoms with van der Waals surface area (Å²) < 4.78 is 58.3. The van der Waals surface area contributed by atoms with Gasteiger partial charge in [-0.15, -0.1) is 0 Å². The number of aromatic nitrogens is 1. The van der Waals surface area contributed by atoms with E-state index in [0.29, 0.717) is 5.56 Å². The number of hydrogen-bond donors (Lipinski definition) is 2. The Bertz CT molecular complexity index is 1080. The molecule has 2 aromatic carbocycles. The minimum Gasteiger partial charge on any atom is -0.438 e. The standard InChI is InChI=1S/C22H18F4N2O3/c1-13(29)11-27-20(30)15-9-19(14-4-2-6-17(23)8-14)21(28-12-15)31-18-7-3-5-16(10-18)22(24,25)26/h2-10,12-13,29H,11H2,1H3,(H,27,30)/t13-/m1/s1. The van der Waals surface area contributed by atoms with Gasteiger partial charge in [0, 0.05) is 18.3 Å². The van der Waals surface area contributed by atoms with Crippen molar-refractivity contribution in [1.29, 1.82) is 0 Å². The van der Waals surface area contributed by atoms with Gasteiger partial charge in [0.15, 0.2) is 0 Å². The number of rotatable bonds is 6. The van der Waals surface area contributed by atoms with Crippen LogP contribution in [-0.4, -0.2) is 28.6 Å². The molecule has 1 heterocycles. The van der Waals surface area contributed by atoms with Crippen molar-refractivity contribution in [3.05, 3.63) is 77.7 Å². The van der Waals surface area contributed by atoms with Crippen LogP contribution in [0.15, 0.2) is 60.8 Å². The predicted molar refractivity (Wildman–Crippen MR) is 105 cm³/mol. The number of aliphatic hydroxyl groups excluding tert-OH is 1. The molecule has 1 atom stereocenters. The molecule has 0 spiro atoms. The predicted octanol–water partition coefficient (Wildman–Crippen LogP) is 4.81. The number of amides is 1. The molecule has 1 amide bonds. The van der Waals surface area contributed by atoms with Crippen LogP contribution in [0.3, 0.4) is 0 Å². The van der Waals surface area contributed by atoms with Gasteiger partial charge in [0.25, 0.3) is 5.91 Å². The number of halogens is 4. The van der Waals surface area contributed by atoms with Crippen LogP contribution < -0.4 is 10.1 Å². The number of benzene rings is 2. The minimum atomic E-state index is -4.55. The van der Waals surface area contributed by atoms with Gasteiger partial charge in [-0.05, 0) is 48.9 Å². The van der Waals surface area contributed by atoms with Gasteiger partial charge in [0.05, 0.1) is 17.2 Å². The molecule has 0 bridgehead atoms. The Labute approximate surface area is 175 Å². The maximum Gasteiger partial charge on any atom is 0.416 e. The highest BCUT2D eigenvalue weighted by atomic mass is 19.4. The van der Waals surface area contributed by atoms with Gasteiger partial charge in [0.2, 0.25) is 5.88 Å². The Balaban J connectivity index is 2.00. The molecule has 0 saturated heterocycles. The first kappa shape index (κ1) is 22.2. The SMILES string of the molecule is C[C@@H](O)CNC(=O)c1cnc(Oc2cccc(C(F)(F)F)c2)c(-c2cccc(F)c2)c1. The second kappa shape index (κ2) is 9.13. The summed E-state index contributed by atoms with van der Waals surface area (Å²) in [5.41, 5.74) is -0.260. The van der Waals surface area contributed by atoms with E-state index in [1.165, 1.54) is 49.5 Å². The number of nitrogens with one attached hydrogen (secondary N) is 1. The highest BCUT2D eigenvalue weighted by Gasteiger charge is 2.30. The Morgan fingerprint density at radius 1 is 1.16 bits per heavy atom. The van der Waals surface area contributed by atoms with Crippen molar-refractivity contribution in [3.63, 3.8) is 0 Å². The highest BCUT2D eigenvalue weighted by Crippen LogP contribution is 2.35. The third-order valence-corrected chi connectivity index (χ3v) is 4.18. The van der Waals surface area contributed by atoms with E-state index in [4.69, 9.17) is 4.74 Å². The second-order valence-electron chi connectivity index (χ2n) is 6.77. The van der Waals surface area contributed by atoms with Gasteiger partial charge in [-0.1, -0.05) is 18.2 Å². The number of nitrogens with zero attached hydrogens (tertiary/aromatic N) is 1. The lowest BCUT2D eigenvalue weighted by Crippen LogP contribution is -2.30. The average Bonchev–Trinajstić information content (AvgIpc) is 2.72. The summed E-state index contributed by atoms with van der Waals surface area (Å²) in [6, 6.07) is 11.0. The quantitative estimate of drug-likeness (QED) is 0.547. The fourth-order valence-electron chi connectivity index (χ4n) is 2.71. The van der Waals surface area contributed by atoms with E-state index in [0.717, 1.165) is 12.1 Å². The van der Waals surface area contributed by atoms with E-state index < -0.39 is 29.6 Å². The van der Waals surface area contributed by atoms with Gasteiger partial charge in [-0.3, -0.25) is 4.79 Å². The molecule has 9 heteroatoms. The summed E-state index contributed by atoms with van der Waals surface area (Å²) >= 11 is 0. The van der Waals surface area contributed by atoms with Crippen LogP contribution in [0.5, 0.6) is 11.6 Å². The molecule has 5 nitrogen and oxygen atoms in total. The van der Waals surface area contributed by atoms with Crippen molar-refractivity contribution in [1.82, 2.24) is 10.3 Å². The molecule has 0 fully saturated rings. The molecule has 0 aliphatic carbocycles. The smallest absolute Gasteiger partial charge is 0.416 e. The van der Waals surface area contributed by atoms with Crippen LogP contribution in [0.25, 0.3) is 11.1 Å². The highest BCUT2D eigenvalue weighted by molar-refractivity contribution is 5.95. The van der Waals surface area contributed by atoms with Gasteiger partial charge >= 0.3 is 6.18 Å². The first-order valence-corrected chi connectivity index (χ1v) is 9.21. The molecular formula is C22H18F4N2O3. The van der Waals surface area contributed by atoms with Crippen LogP contribution in [0.4, 0.5) is 17.6 Å². The summed E-state index contributed by atoms with van der Waals surface area (Å²) in [6.07, 6.45) is -4.13. The maximum atomic E-state index is 13.8. The van der Waals surface area contributed by atoms with Crippen LogP contribution >= 0.6 is 0 Å². The van der Waals surface area contributed by atoms with E-state index in [9.17, 15) is 27.5 Å². The number of hydrogen-bond acceptors (Lipinski definition) is 4. The first-order valence-electron chi connectivity index (χ1n) is 9.21. The van der Waals surface area contributed by atoms with Crippen LogP contribution in [-0.2, 0) is 6.18 Å². The monoisotopic (exact) mass is 434 g/mol. The minimum absolute atomic E-state index is 0.0105. The number of carbonyl (C=O) groups excluding carboxylic acids is 1. The molecule has 3 rings (SSSR count). The summed E-state index contributed by atoms with van der Waals surface area (Å²) in [4.78, 5) is 16.4. The van der Waals surface area contributed by atoms with Crippen molar-refractivity contribution in [2.24, 2.45) is 0 Å². The van der Waals surface area contributed by atoms with E-state index in [1.54, 1.807) is 6.07 Å². The Kier molecular flexibility index (Phi) is 6.55. The fourth-order valence-corrected chi connectivity index (χ4v) is 2.71. The number of aliphatic hydroxyl groups is 1. The van der Waals surface area contributed by atoms with E-state index >= 15 is 0 Å². The second-order valence-corrected chi connectivity index (χ2v) is 6.77. The Morgan fingerprint density at radius 2 is 1.90 bits per heavy atom. The van der Waals surface area contributed by atoms with Crippen molar-refractivity contribution >= 4 is 5.91 Å². The van der Waals surface area contributed by atoms with Crippen molar-refractivity contribution in [2.45, 2.75) is 19.2 Å². The van der Waals surface area contributed by atoms with Gasteiger partial charge in [-0.2, -0.15) is 13.2 Å². The largest absolute Gasteiger partial charge is 0.438 e. The summed E-state index contributed by atoms with van der Waals surface area (Å²) in [6.45, 7) is 1.51. The zero-order chi connectivity index (χ0) is 22.6. The first-order chi connectivity index (χ1) is 14.6. The van der Waals surface area contributed by atoms with Crippen LogP contribution in [0.1, 0.15) is 22.8 Å². The molecule has 2 N–H and O–H groups in total. The maximum absolute atomic E-state index is 13.8. The van der Waals surface area contributed by atoms with E-state index in [2.05, 4.69) is 10.3 Å². The summed E-state index contributed by atoms with van der Waals surface area (Å²) in [7, 11) is 0. The lowest BCUT2D eigenvalue weighted by Gasteiger charge is -2.14. The third-order valence-electron chi connectivity index (χ3n) is 4.18. The molecule has 0 aliphatic heterocycles. The van der Waals surface area contributed by atoms with Crippen molar-refractivity contribution < 1.29 is 32.2 Å². The van der Waals surface area contributed by atoms with Crippen LogP contribution in [0.2, 0.25) is 0 Å². The number of ether oxygens (including phenoxy) is 1. The number of carbonyl (C=O) groups is 1. The normalized spacial score (nSPS) is 12.3. The van der Waals surface area contributed by atoms with Gasteiger partial charge < -0.3 is 15.2 Å². The number of alkyl halides is 3. The molecule has 3 aromatic rings. The Morgan fingerprint density at radius 3 is 2.58 bits per heavy atom. The zero-order valence-electron chi connectivity index (χ0n) is 16.3. The topological polar surface area (TPSA) is 71.5 Å². The summed E-state index contributed by atoms with van der Waals surface area (Å²) in [5, 5.41) is 11.8. The third kappa shape index (κ3) is 5.79.